The van der Waals surface area contributed by atoms with E-state index in [4.69, 9.17) is 0 Å². The van der Waals surface area contributed by atoms with Crippen molar-refractivity contribution in [1.82, 2.24) is 9.88 Å². The Hall–Kier alpha value is -2.04. The number of aliphatic imine (C=N–C) groups is 1. The summed E-state index contributed by atoms with van der Waals surface area (Å²) >= 11 is 0. The van der Waals surface area contributed by atoms with Gasteiger partial charge in [-0.3, -0.25) is 9.98 Å². The number of aliphatic hydroxyl groups is 2. The molecule has 0 spiro atoms. The maximum atomic E-state index is 10.2. The Morgan fingerprint density at radius 1 is 1.29 bits per heavy atom. The molecule has 0 saturated heterocycles. The lowest BCUT2D eigenvalue weighted by atomic mass is 10.1. The first-order valence-corrected chi connectivity index (χ1v) is 7.49. The summed E-state index contributed by atoms with van der Waals surface area (Å²) in [4.78, 5) is 10.4. The van der Waals surface area contributed by atoms with Crippen molar-refractivity contribution in [2.24, 2.45) is 4.99 Å². The summed E-state index contributed by atoms with van der Waals surface area (Å²) in [6.07, 6.45) is 6.95. The van der Waals surface area contributed by atoms with E-state index in [1.54, 1.807) is 11.1 Å². The standard InChI is InChI=1S/C16H23N3O2/c1-3-4-5-8-12(2)19-15(13-9-6-7-10-17-13)18-11-14(20)16(19)21/h6-7,9-12,15,20-21H,3-5,8H2,1-2H3. The zero-order valence-electron chi connectivity index (χ0n) is 12.6. The van der Waals surface area contributed by atoms with Gasteiger partial charge in [0, 0.05) is 12.2 Å². The van der Waals surface area contributed by atoms with Crippen LogP contribution in [0.25, 0.3) is 0 Å². The van der Waals surface area contributed by atoms with Crippen molar-refractivity contribution in [2.75, 3.05) is 0 Å². The Balaban J connectivity index is 2.21. The van der Waals surface area contributed by atoms with Crippen molar-refractivity contribution in [3.8, 4) is 0 Å². The second kappa shape index (κ2) is 7.11. The number of hydrogen-bond donors (Lipinski definition) is 2. The van der Waals surface area contributed by atoms with Gasteiger partial charge in [-0.2, -0.15) is 0 Å². The summed E-state index contributed by atoms with van der Waals surface area (Å²) in [6.45, 7) is 4.20. The highest BCUT2D eigenvalue weighted by molar-refractivity contribution is 5.77. The molecule has 2 N–H and O–H groups in total. The SMILES string of the molecule is CCCCCC(C)N1C(O)=C(O)C=NC1c1ccccn1. The highest BCUT2D eigenvalue weighted by Gasteiger charge is 2.31. The third kappa shape index (κ3) is 3.54. The van der Waals surface area contributed by atoms with Crippen LogP contribution in [0.2, 0.25) is 0 Å². The Kier molecular flexibility index (Phi) is 5.20. The van der Waals surface area contributed by atoms with Crippen LogP contribution in [-0.4, -0.2) is 32.4 Å². The maximum absolute atomic E-state index is 10.2. The molecule has 1 aromatic heterocycles. The number of rotatable bonds is 6. The molecule has 0 amide bonds. The topological polar surface area (TPSA) is 69.0 Å². The lowest BCUT2D eigenvalue weighted by Crippen LogP contribution is -2.38. The normalized spacial score (nSPS) is 19.9. The highest BCUT2D eigenvalue weighted by atomic mass is 16.3. The molecule has 2 rings (SSSR count). The van der Waals surface area contributed by atoms with Gasteiger partial charge in [-0.05, 0) is 25.5 Å². The van der Waals surface area contributed by atoms with Gasteiger partial charge in [-0.15, -0.1) is 0 Å². The van der Waals surface area contributed by atoms with Gasteiger partial charge in [0.05, 0.1) is 11.9 Å². The van der Waals surface area contributed by atoms with Crippen molar-refractivity contribution in [1.29, 1.82) is 0 Å². The molecule has 0 radical (unpaired) electrons. The summed E-state index contributed by atoms with van der Waals surface area (Å²) in [7, 11) is 0. The molecule has 5 nitrogen and oxygen atoms in total. The zero-order chi connectivity index (χ0) is 15.2. The van der Waals surface area contributed by atoms with Crippen molar-refractivity contribution >= 4 is 6.21 Å². The number of nitrogens with zero attached hydrogens (tertiary/aromatic N) is 3. The summed E-state index contributed by atoms with van der Waals surface area (Å²) in [5, 5.41) is 20.0. The van der Waals surface area contributed by atoms with Crippen LogP contribution in [0.5, 0.6) is 0 Å². The smallest absolute Gasteiger partial charge is 0.234 e. The summed E-state index contributed by atoms with van der Waals surface area (Å²) in [5.74, 6) is -0.311. The quantitative estimate of drug-likeness (QED) is 0.783. The second-order valence-corrected chi connectivity index (χ2v) is 5.37. The van der Waals surface area contributed by atoms with E-state index >= 15 is 0 Å². The maximum Gasteiger partial charge on any atom is 0.234 e. The zero-order valence-corrected chi connectivity index (χ0v) is 12.6. The van der Waals surface area contributed by atoms with Crippen LogP contribution in [0.15, 0.2) is 41.0 Å². The first-order chi connectivity index (χ1) is 10.1. The van der Waals surface area contributed by atoms with Crippen molar-refractivity contribution in [3.05, 3.63) is 41.7 Å². The summed E-state index contributed by atoms with van der Waals surface area (Å²) in [6, 6.07) is 5.69. The Morgan fingerprint density at radius 3 is 2.76 bits per heavy atom. The van der Waals surface area contributed by atoms with E-state index < -0.39 is 6.17 Å². The van der Waals surface area contributed by atoms with Crippen molar-refractivity contribution < 1.29 is 10.2 Å². The van der Waals surface area contributed by atoms with E-state index in [9.17, 15) is 10.2 Å². The highest BCUT2D eigenvalue weighted by Crippen LogP contribution is 2.31. The predicted octanol–water partition coefficient (Wildman–Crippen LogP) is 3.72. The monoisotopic (exact) mass is 289 g/mol. The van der Waals surface area contributed by atoms with Gasteiger partial charge in [0.2, 0.25) is 5.88 Å². The number of unbranched alkanes of at least 4 members (excludes halogenated alkanes) is 2. The first-order valence-electron chi connectivity index (χ1n) is 7.49. The molecule has 21 heavy (non-hydrogen) atoms. The molecule has 1 aliphatic heterocycles. The van der Waals surface area contributed by atoms with Crippen LogP contribution in [0.1, 0.15) is 51.4 Å². The molecule has 1 aliphatic rings. The number of allylic oxidation sites excluding steroid dienone is 1. The minimum atomic E-state index is -0.390. The molecule has 2 unspecified atom stereocenters. The van der Waals surface area contributed by atoms with E-state index in [1.807, 2.05) is 25.1 Å². The molecule has 0 saturated carbocycles. The summed E-state index contributed by atoms with van der Waals surface area (Å²) < 4.78 is 0. The van der Waals surface area contributed by atoms with Crippen LogP contribution in [0, 0.1) is 0 Å². The van der Waals surface area contributed by atoms with Crippen LogP contribution in [0.4, 0.5) is 0 Å². The lowest BCUT2D eigenvalue weighted by molar-refractivity contribution is 0.0888. The third-order valence-electron chi connectivity index (χ3n) is 3.73. The Labute approximate surface area is 125 Å². The Morgan fingerprint density at radius 2 is 2.10 bits per heavy atom. The first kappa shape index (κ1) is 15.4. The van der Waals surface area contributed by atoms with Gasteiger partial charge in [0.15, 0.2) is 11.9 Å². The molecule has 2 heterocycles. The van der Waals surface area contributed by atoms with E-state index in [0.29, 0.717) is 0 Å². The molecule has 0 aromatic carbocycles. The van der Waals surface area contributed by atoms with Gasteiger partial charge < -0.3 is 15.1 Å². The van der Waals surface area contributed by atoms with E-state index in [1.165, 1.54) is 6.21 Å². The molecule has 5 heteroatoms. The molecule has 0 fully saturated rings. The van der Waals surface area contributed by atoms with Crippen molar-refractivity contribution in [3.63, 3.8) is 0 Å². The van der Waals surface area contributed by atoms with Gasteiger partial charge in [0.1, 0.15) is 0 Å². The Bertz CT molecular complexity index is 514. The van der Waals surface area contributed by atoms with Gasteiger partial charge >= 0.3 is 0 Å². The molecule has 0 aliphatic carbocycles. The molecule has 0 bridgehead atoms. The molecule has 1 aromatic rings. The van der Waals surface area contributed by atoms with Gasteiger partial charge in [-0.1, -0.05) is 32.3 Å². The fourth-order valence-electron chi connectivity index (χ4n) is 2.55. The lowest BCUT2D eigenvalue weighted by Gasteiger charge is -2.36. The molecular weight excluding hydrogens is 266 g/mol. The number of aliphatic hydroxyl groups excluding tert-OH is 2. The minimum absolute atomic E-state index is 0.0724. The average molecular weight is 289 g/mol. The van der Waals surface area contributed by atoms with Crippen LogP contribution in [-0.2, 0) is 0 Å². The van der Waals surface area contributed by atoms with Crippen LogP contribution < -0.4 is 0 Å². The predicted molar refractivity (Wildman–Crippen MR) is 83.2 cm³/mol. The van der Waals surface area contributed by atoms with E-state index in [-0.39, 0.29) is 17.7 Å². The largest absolute Gasteiger partial charge is 0.502 e. The van der Waals surface area contributed by atoms with Crippen LogP contribution in [0.3, 0.4) is 0 Å². The van der Waals surface area contributed by atoms with E-state index in [0.717, 1.165) is 31.4 Å². The second-order valence-electron chi connectivity index (χ2n) is 5.37. The fourth-order valence-corrected chi connectivity index (χ4v) is 2.55. The van der Waals surface area contributed by atoms with Crippen LogP contribution >= 0.6 is 0 Å². The minimum Gasteiger partial charge on any atom is -0.502 e. The number of hydrogen-bond acceptors (Lipinski definition) is 5. The van der Waals surface area contributed by atoms with E-state index in [2.05, 4.69) is 16.9 Å². The molecule has 114 valence electrons. The fraction of sp³-hybridized carbons (Fsp3) is 0.500. The number of aromatic nitrogens is 1. The molecular formula is C16H23N3O2. The van der Waals surface area contributed by atoms with Crippen molar-refractivity contribution in [2.45, 2.75) is 51.7 Å². The third-order valence-corrected chi connectivity index (χ3v) is 3.73. The summed E-state index contributed by atoms with van der Waals surface area (Å²) in [5.41, 5.74) is 0.759. The number of pyridine rings is 1. The molecule has 2 atom stereocenters. The van der Waals surface area contributed by atoms with Gasteiger partial charge in [0.25, 0.3) is 0 Å². The van der Waals surface area contributed by atoms with Gasteiger partial charge in [-0.25, -0.2) is 0 Å². The average Bonchev–Trinajstić information content (AvgIpc) is 2.50.